The highest BCUT2D eigenvalue weighted by molar-refractivity contribution is 5.72. The molecule has 1 N–H and O–H groups in total. The number of nitriles is 1. The van der Waals surface area contributed by atoms with Crippen LogP contribution >= 0.6 is 0 Å². The van der Waals surface area contributed by atoms with Crippen molar-refractivity contribution in [3.8, 4) is 17.2 Å². The van der Waals surface area contributed by atoms with Crippen molar-refractivity contribution in [2.24, 2.45) is 7.05 Å². The molecule has 3 rings (SSSR count). The first kappa shape index (κ1) is 15.0. The molecule has 4 nitrogen and oxygen atoms in total. The Morgan fingerprint density at radius 1 is 1.22 bits per heavy atom. The summed E-state index contributed by atoms with van der Waals surface area (Å²) < 4.78 is 1.79. The molecule has 1 aromatic heterocycles. The van der Waals surface area contributed by atoms with Crippen molar-refractivity contribution in [2.75, 3.05) is 0 Å². The fourth-order valence-corrected chi connectivity index (χ4v) is 2.68. The summed E-state index contributed by atoms with van der Waals surface area (Å²) in [6, 6.07) is 15.7. The zero-order valence-electron chi connectivity index (χ0n) is 13.1. The molecule has 0 aliphatic heterocycles. The molecule has 23 heavy (non-hydrogen) atoms. The fraction of sp³-hybridized carbons (Fsp3) is 0.158. The van der Waals surface area contributed by atoms with E-state index in [1.54, 1.807) is 29.2 Å². The van der Waals surface area contributed by atoms with Gasteiger partial charge in [0.1, 0.15) is 6.10 Å². The lowest BCUT2D eigenvalue weighted by Gasteiger charge is -2.14. The first-order chi connectivity index (χ1) is 11.1. The average Bonchev–Trinajstić information content (AvgIpc) is 2.99. The number of imidazole rings is 1. The van der Waals surface area contributed by atoms with Crippen molar-refractivity contribution in [3.63, 3.8) is 0 Å². The van der Waals surface area contributed by atoms with E-state index >= 15 is 0 Å². The van der Waals surface area contributed by atoms with Gasteiger partial charge in [0.25, 0.3) is 0 Å². The summed E-state index contributed by atoms with van der Waals surface area (Å²) >= 11 is 0. The van der Waals surface area contributed by atoms with Gasteiger partial charge in [-0.25, -0.2) is 4.98 Å². The summed E-state index contributed by atoms with van der Waals surface area (Å²) in [6.45, 7) is 2.02. The van der Waals surface area contributed by atoms with Crippen LogP contribution in [0.4, 0.5) is 0 Å². The number of hydrogen-bond acceptors (Lipinski definition) is 3. The molecule has 0 radical (unpaired) electrons. The molecule has 1 unspecified atom stereocenters. The van der Waals surface area contributed by atoms with Crippen LogP contribution in [0.15, 0.2) is 55.0 Å². The third-order valence-corrected chi connectivity index (χ3v) is 3.94. The maximum absolute atomic E-state index is 10.6. The predicted octanol–water partition coefficient (Wildman–Crippen LogP) is 3.35. The van der Waals surface area contributed by atoms with Gasteiger partial charge in [-0.1, -0.05) is 35.9 Å². The molecule has 1 atom stereocenters. The first-order valence-corrected chi connectivity index (χ1v) is 7.35. The molecule has 0 aliphatic rings. The van der Waals surface area contributed by atoms with Gasteiger partial charge in [-0.2, -0.15) is 5.26 Å². The molecule has 0 fully saturated rings. The number of hydrogen-bond donors (Lipinski definition) is 1. The van der Waals surface area contributed by atoms with Gasteiger partial charge in [0.15, 0.2) is 0 Å². The van der Waals surface area contributed by atoms with Gasteiger partial charge in [-0.05, 0) is 35.7 Å². The lowest BCUT2D eigenvalue weighted by molar-refractivity contribution is 0.211. The minimum atomic E-state index is -0.779. The van der Waals surface area contributed by atoms with Crippen molar-refractivity contribution in [1.82, 2.24) is 9.55 Å². The van der Waals surface area contributed by atoms with Crippen LogP contribution < -0.4 is 0 Å². The number of benzene rings is 2. The molecule has 3 aromatic rings. The number of aliphatic hydroxyl groups is 1. The summed E-state index contributed by atoms with van der Waals surface area (Å²) in [5.74, 6) is 0. The van der Waals surface area contributed by atoms with Crippen molar-refractivity contribution in [1.29, 1.82) is 5.26 Å². The molecule has 2 aromatic carbocycles. The standard InChI is InChI=1S/C19H17N3O/c1-13-4-3-5-14(8-13)17-9-15(6-7-16(17)10-20)19(23)18-11-21-12-22(18)2/h3-9,11-12,19,23H,1-2H3. The third-order valence-electron chi connectivity index (χ3n) is 3.94. The predicted molar refractivity (Wildman–Crippen MR) is 88.6 cm³/mol. The van der Waals surface area contributed by atoms with Gasteiger partial charge < -0.3 is 9.67 Å². The van der Waals surface area contributed by atoms with Gasteiger partial charge in [0, 0.05) is 7.05 Å². The van der Waals surface area contributed by atoms with Crippen LogP contribution in [-0.4, -0.2) is 14.7 Å². The van der Waals surface area contributed by atoms with Crippen LogP contribution in [0.3, 0.4) is 0 Å². The molecule has 0 aliphatic carbocycles. The molecule has 0 amide bonds. The molecule has 0 spiro atoms. The number of rotatable bonds is 3. The highest BCUT2D eigenvalue weighted by Gasteiger charge is 2.16. The van der Waals surface area contributed by atoms with Crippen LogP contribution in [0.25, 0.3) is 11.1 Å². The lowest BCUT2D eigenvalue weighted by Crippen LogP contribution is -2.05. The van der Waals surface area contributed by atoms with Crippen LogP contribution in [0.1, 0.15) is 28.5 Å². The SMILES string of the molecule is Cc1cccc(-c2cc(C(O)c3cncn3C)ccc2C#N)c1. The number of aryl methyl sites for hydroxylation is 2. The maximum Gasteiger partial charge on any atom is 0.121 e. The Bertz CT molecular complexity index is 890. The molecular formula is C19H17N3O. The van der Waals surface area contributed by atoms with Crippen LogP contribution in [0, 0.1) is 18.3 Å². The Labute approximate surface area is 135 Å². The Morgan fingerprint density at radius 3 is 2.70 bits per heavy atom. The van der Waals surface area contributed by atoms with E-state index in [-0.39, 0.29) is 0 Å². The van der Waals surface area contributed by atoms with Gasteiger partial charge in [0.2, 0.25) is 0 Å². The second-order valence-electron chi connectivity index (χ2n) is 5.62. The van der Waals surface area contributed by atoms with Crippen molar-refractivity contribution in [2.45, 2.75) is 13.0 Å². The van der Waals surface area contributed by atoms with Gasteiger partial charge in [-0.3, -0.25) is 0 Å². The largest absolute Gasteiger partial charge is 0.382 e. The minimum Gasteiger partial charge on any atom is -0.382 e. The molecule has 114 valence electrons. The average molecular weight is 303 g/mol. The van der Waals surface area contributed by atoms with E-state index < -0.39 is 6.10 Å². The summed E-state index contributed by atoms with van der Waals surface area (Å²) in [4.78, 5) is 4.04. The van der Waals surface area contributed by atoms with E-state index in [1.165, 1.54) is 0 Å². The van der Waals surface area contributed by atoms with Crippen molar-refractivity contribution < 1.29 is 5.11 Å². The quantitative estimate of drug-likeness (QED) is 0.807. The molecule has 0 saturated carbocycles. The molecule has 4 heteroatoms. The zero-order chi connectivity index (χ0) is 16.4. The maximum atomic E-state index is 10.6. The Balaban J connectivity index is 2.10. The smallest absolute Gasteiger partial charge is 0.121 e. The summed E-state index contributed by atoms with van der Waals surface area (Å²) in [7, 11) is 1.84. The Hall–Kier alpha value is -2.90. The van der Waals surface area contributed by atoms with Crippen LogP contribution in [0.5, 0.6) is 0 Å². The highest BCUT2D eigenvalue weighted by Crippen LogP contribution is 2.29. The number of aliphatic hydroxyl groups excluding tert-OH is 1. The first-order valence-electron chi connectivity index (χ1n) is 7.35. The van der Waals surface area contributed by atoms with E-state index in [1.807, 2.05) is 44.3 Å². The van der Waals surface area contributed by atoms with E-state index in [4.69, 9.17) is 0 Å². The lowest BCUT2D eigenvalue weighted by atomic mass is 9.94. The Kier molecular flexibility index (Phi) is 3.96. The summed E-state index contributed by atoms with van der Waals surface area (Å²) in [5.41, 5.74) is 4.98. The molecule has 0 saturated heterocycles. The number of nitrogens with zero attached hydrogens (tertiary/aromatic N) is 3. The minimum absolute atomic E-state index is 0.594. The van der Waals surface area contributed by atoms with E-state index in [2.05, 4.69) is 11.1 Å². The van der Waals surface area contributed by atoms with Crippen molar-refractivity contribution >= 4 is 0 Å². The molecule has 0 bridgehead atoms. The third kappa shape index (κ3) is 2.87. The summed E-state index contributed by atoms with van der Waals surface area (Å²) in [5, 5.41) is 20.0. The van der Waals surface area contributed by atoms with Crippen LogP contribution in [0.2, 0.25) is 0 Å². The van der Waals surface area contributed by atoms with Gasteiger partial charge in [-0.15, -0.1) is 0 Å². The van der Waals surface area contributed by atoms with Crippen molar-refractivity contribution in [3.05, 3.63) is 77.4 Å². The topological polar surface area (TPSA) is 61.8 Å². The molecule has 1 heterocycles. The zero-order valence-corrected chi connectivity index (χ0v) is 13.1. The van der Waals surface area contributed by atoms with E-state index in [0.717, 1.165) is 22.3 Å². The number of aromatic nitrogens is 2. The summed E-state index contributed by atoms with van der Waals surface area (Å²) in [6.07, 6.45) is 2.53. The second-order valence-corrected chi connectivity index (χ2v) is 5.62. The monoisotopic (exact) mass is 303 g/mol. The van der Waals surface area contributed by atoms with Crippen LogP contribution in [-0.2, 0) is 7.05 Å². The van der Waals surface area contributed by atoms with E-state index in [0.29, 0.717) is 11.3 Å². The van der Waals surface area contributed by atoms with Gasteiger partial charge >= 0.3 is 0 Å². The second kappa shape index (κ2) is 6.07. The highest BCUT2D eigenvalue weighted by atomic mass is 16.3. The fourth-order valence-electron chi connectivity index (χ4n) is 2.68. The normalized spacial score (nSPS) is 11.9. The van der Waals surface area contributed by atoms with E-state index in [9.17, 15) is 10.4 Å². The molecular weight excluding hydrogens is 286 g/mol. The Morgan fingerprint density at radius 2 is 2.04 bits per heavy atom. The van der Waals surface area contributed by atoms with Gasteiger partial charge in [0.05, 0.1) is 29.9 Å².